The number of rotatable bonds is 8. The maximum atomic E-state index is 14.8. The normalized spacial score (nSPS) is 18.1. The zero-order valence-electron chi connectivity index (χ0n) is 43.0. The van der Waals surface area contributed by atoms with Gasteiger partial charge in [0.2, 0.25) is 0 Å². The van der Waals surface area contributed by atoms with Gasteiger partial charge >= 0.3 is 475 Å². The van der Waals surface area contributed by atoms with Gasteiger partial charge in [0.1, 0.15) is 0 Å². The Labute approximate surface area is 474 Å². The molecule has 8 aromatic carbocycles. The van der Waals surface area contributed by atoms with Crippen molar-refractivity contribution < 1.29 is 105 Å². The summed E-state index contributed by atoms with van der Waals surface area (Å²) in [7, 11) is 0. The van der Waals surface area contributed by atoms with E-state index in [0.29, 0.717) is 97.1 Å². The Hall–Kier alpha value is -6.20. The van der Waals surface area contributed by atoms with Crippen LogP contribution in [-0.4, -0.2) is 11.8 Å². The molecular formula is C58H40F24P4. The molecule has 460 valence electrons. The van der Waals surface area contributed by atoms with Crippen molar-refractivity contribution in [3.8, 4) is 0 Å². The first-order valence-electron chi connectivity index (χ1n) is 25.0. The molecule has 1 aliphatic rings. The fraction of sp³-hybridized carbons (Fsp3) is 0.172. The van der Waals surface area contributed by atoms with Crippen LogP contribution in [0.5, 0.6) is 0 Å². The van der Waals surface area contributed by atoms with Gasteiger partial charge in [-0.3, -0.25) is 0 Å². The first kappa shape index (κ1) is 64.3. The quantitative estimate of drug-likeness (QED) is 0.105. The van der Waals surface area contributed by atoms with Crippen molar-refractivity contribution in [1.29, 1.82) is 0 Å². The second kappa shape index (κ2) is 21.8. The third-order valence-electron chi connectivity index (χ3n) is 16.2. The fourth-order valence-corrected chi connectivity index (χ4v) is 80.7. The summed E-state index contributed by atoms with van der Waals surface area (Å²) >= 11 is 0. The molecule has 0 saturated carbocycles. The van der Waals surface area contributed by atoms with E-state index in [1.165, 1.54) is 0 Å². The van der Waals surface area contributed by atoms with Crippen LogP contribution in [0.1, 0.15) is 44.5 Å². The molecule has 0 aromatic heterocycles. The molecule has 0 N–H and O–H groups in total. The summed E-state index contributed by atoms with van der Waals surface area (Å²) in [5, 5.41) is -2.37. The van der Waals surface area contributed by atoms with Crippen molar-refractivity contribution in [1.82, 2.24) is 0 Å². The average molecular weight is 1320 g/mol. The molecule has 0 aliphatic carbocycles. The van der Waals surface area contributed by atoms with Gasteiger partial charge in [-0.15, -0.1) is 0 Å². The molecule has 0 radical (unpaired) electrons. The minimum absolute atomic E-state index is 0.296. The molecule has 9 rings (SSSR count). The van der Waals surface area contributed by atoms with Crippen LogP contribution in [0.2, 0.25) is 0 Å². The van der Waals surface area contributed by atoms with Gasteiger partial charge in [0.15, 0.2) is 0 Å². The van der Waals surface area contributed by atoms with Gasteiger partial charge in [-0.25, -0.2) is 0 Å². The Bertz CT molecular complexity index is 2970. The van der Waals surface area contributed by atoms with Crippen LogP contribution in [0, 0.1) is 0 Å². The predicted molar refractivity (Wildman–Crippen MR) is 292 cm³/mol. The van der Waals surface area contributed by atoms with Gasteiger partial charge in [0, 0.05) is 0 Å². The van der Waals surface area contributed by atoms with Gasteiger partial charge < -0.3 is 0 Å². The van der Waals surface area contributed by atoms with Crippen molar-refractivity contribution in [3.63, 3.8) is 0 Å². The average Bonchev–Trinajstić information content (AvgIpc) is 0.653. The molecule has 0 amide bonds. The summed E-state index contributed by atoms with van der Waals surface area (Å²) in [6.45, 7) is -21.6. The topological polar surface area (TPSA) is 0 Å². The molecule has 0 bridgehead atoms. The van der Waals surface area contributed by atoms with Gasteiger partial charge in [-0.05, 0) is 0 Å². The molecule has 86 heavy (non-hydrogen) atoms. The number of alkyl halides is 24. The fourth-order valence-electron chi connectivity index (χ4n) is 12.4. The maximum absolute atomic E-state index is 14.8. The third kappa shape index (κ3) is 11.5. The zero-order valence-corrected chi connectivity index (χ0v) is 47.0. The molecule has 0 nitrogen and oxygen atoms in total. The van der Waals surface area contributed by atoms with E-state index in [4.69, 9.17) is 0 Å². The van der Waals surface area contributed by atoms with Gasteiger partial charge in [-0.2, -0.15) is 0 Å². The van der Waals surface area contributed by atoms with E-state index in [1.54, 1.807) is 0 Å². The third-order valence-corrected chi connectivity index (χ3v) is 60.1. The van der Waals surface area contributed by atoms with Crippen molar-refractivity contribution >= 4 is 70.2 Å². The Balaban J connectivity index is 1.66. The summed E-state index contributed by atoms with van der Waals surface area (Å²) in [4.78, 5) is 0. The molecule has 1 heterocycles. The Morgan fingerprint density at radius 3 is 0.302 bits per heavy atom. The van der Waals surface area contributed by atoms with E-state index in [9.17, 15) is 105 Å². The van der Waals surface area contributed by atoms with E-state index in [0.717, 1.165) is 97.1 Å². The molecular weight excluding hydrogens is 1280 g/mol. The van der Waals surface area contributed by atoms with E-state index < -0.39 is 134 Å². The van der Waals surface area contributed by atoms with Crippen LogP contribution >= 0.6 is 27.8 Å². The van der Waals surface area contributed by atoms with E-state index in [1.807, 2.05) is 0 Å². The standard InChI is InChI=1S/C58H40F24P4/c59-51(60,61)35-1-17-43(18-2-35)83(44-19-3-36(4-20-44)52(62,63)64)33-85(47-25-9-39(10-26-47)55(71,72)73,48-27-11-40(12-28-48)56(74,75)76)86(49-29-13-41(14-30-49)57(77,78)79,50-31-15-42(16-32-50)58(80,81)82)34-84(83,45-21-5-37(6-22-45)53(65,66)67)46-23-7-38(8-24-46)54(68,69)70/h1-32,83-86H,33-34H2. The van der Waals surface area contributed by atoms with Crippen molar-refractivity contribution in [2.75, 3.05) is 11.8 Å². The zero-order chi connectivity index (χ0) is 63.3. The summed E-state index contributed by atoms with van der Waals surface area (Å²) in [6.07, 6.45) is -41.6. The SMILES string of the molecule is FC(F)(F)c1ccc([PH]2(c3ccc(C(F)(F)F)cc3)C[PH](c3ccc(C(F)(F)F)cc3)(c3ccc(C(F)(F)F)cc3)[PH](c3ccc(C(F)(F)F)cc3)(c3ccc(C(F)(F)F)cc3)C[PH]2(c2ccc(C(F)(F)F)cc2)c2ccc(C(F)(F)F)cc2)cc1. The van der Waals surface area contributed by atoms with Crippen LogP contribution in [0.15, 0.2) is 194 Å². The first-order valence-corrected chi connectivity index (χ1v) is 35.8. The van der Waals surface area contributed by atoms with Crippen LogP contribution in [0.3, 0.4) is 0 Å². The summed E-state index contributed by atoms with van der Waals surface area (Å²) < 4.78 is 355. The summed E-state index contributed by atoms with van der Waals surface area (Å²) in [5.41, 5.74) is -11.2. The monoisotopic (exact) mass is 1320 g/mol. The first-order chi connectivity index (χ1) is 39.6. The van der Waals surface area contributed by atoms with E-state index >= 15 is 0 Å². The van der Waals surface area contributed by atoms with E-state index in [2.05, 4.69) is 0 Å². The minimum atomic E-state index is -5.39. The van der Waals surface area contributed by atoms with Crippen LogP contribution in [0.4, 0.5) is 105 Å². The summed E-state index contributed by atoms with van der Waals surface area (Å²) in [6, 6.07) is 21.6. The number of hydrogen-bond donors (Lipinski definition) is 0. The Kier molecular flexibility index (Phi) is 16.3. The van der Waals surface area contributed by atoms with Crippen molar-refractivity contribution in [2.45, 2.75) is 49.4 Å². The molecule has 1 aliphatic heterocycles. The van der Waals surface area contributed by atoms with Gasteiger partial charge in [-0.1, -0.05) is 0 Å². The molecule has 0 spiro atoms. The second-order valence-corrected chi connectivity index (χ2v) is 45.5. The van der Waals surface area contributed by atoms with E-state index in [-0.39, 0.29) is 42.4 Å². The van der Waals surface area contributed by atoms with Gasteiger partial charge in [0.05, 0.1) is 0 Å². The van der Waals surface area contributed by atoms with Gasteiger partial charge in [0.25, 0.3) is 0 Å². The molecule has 1 fully saturated rings. The van der Waals surface area contributed by atoms with Crippen molar-refractivity contribution in [2.24, 2.45) is 0 Å². The summed E-state index contributed by atoms with van der Waals surface area (Å²) in [5.74, 6) is -1.79. The molecule has 0 atom stereocenters. The Morgan fingerprint density at radius 2 is 0.233 bits per heavy atom. The molecule has 28 heteroatoms. The Morgan fingerprint density at radius 1 is 0.151 bits per heavy atom. The predicted octanol–water partition coefficient (Wildman–Crippen LogP) is 17.5. The number of halogens is 24. The van der Waals surface area contributed by atoms with Crippen LogP contribution in [-0.2, 0) is 49.4 Å². The number of hydrogen-bond acceptors (Lipinski definition) is 0. The van der Waals surface area contributed by atoms with Crippen molar-refractivity contribution in [3.05, 3.63) is 239 Å². The van der Waals surface area contributed by atoms with Crippen LogP contribution < -0.4 is 42.4 Å². The molecule has 1 saturated heterocycles. The number of benzene rings is 8. The molecule has 8 aromatic rings. The second-order valence-electron chi connectivity index (χ2n) is 20.6. The molecule has 0 unspecified atom stereocenters. The van der Waals surface area contributed by atoms with Crippen LogP contribution in [0.25, 0.3) is 0 Å².